The van der Waals surface area contributed by atoms with Gasteiger partial charge in [0.05, 0.1) is 12.3 Å². The summed E-state index contributed by atoms with van der Waals surface area (Å²) in [4.78, 5) is 30.7. The van der Waals surface area contributed by atoms with E-state index in [-0.39, 0.29) is 5.76 Å². The van der Waals surface area contributed by atoms with Gasteiger partial charge in [0.1, 0.15) is 11.5 Å². The number of primary amides is 1. The molecule has 0 aliphatic heterocycles. The van der Waals surface area contributed by atoms with Crippen molar-refractivity contribution in [1.82, 2.24) is 5.01 Å². The van der Waals surface area contributed by atoms with E-state index >= 15 is 0 Å². The van der Waals surface area contributed by atoms with E-state index in [9.17, 15) is 19.7 Å². The fourth-order valence-electron chi connectivity index (χ4n) is 0.940. The maximum Gasteiger partial charge on any atom is 0.433 e. The van der Waals surface area contributed by atoms with E-state index in [4.69, 9.17) is 15.3 Å². The third-order valence-corrected chi connectivity index (χ3v) is 1.66. The minimum atomic E-state index is -1.31. The lowest BCUT2D eigenvalue weighted by atomic mass is 10.5. The number of nitrogens with two attached hydrogens (primary N) is 1. The predicted octanol–water partition coefficient (Wildman–Crippen LogP) is -0.0130. The van der Waals surface area contributed by atoms with E-state index < -0.39 is 29.4 Å². The highest BCUT2D eigenvalue weighted by molar-refractivity contribution is 5.82. The molecule has 0 spiro atoms. The number of carboxylic acids is 1. The van der Waals surface area contributed by atoms with E-state index in [1.165, 1.54) is 6.07 Å². The van der Waals surface area contributed by atoms with Gasteiger partial charge in [0.15, 0.2) is 5.76 Å². The number of nitrogens with zero attached hydrogens (tertiary/aromatic N) is 3. The van der Waals surface area contributed by atoms with Crippen molar-refractivity contribution in [3.8, 4) is 0 Å². The molecule has 1 heterocycles. The maximum absolute atomic E-state index is 10.8. The number of nitro groups is 1. The van der Waals surface area contributed by atoms with E-state index in [1.54, 1.807) is 0 Å². The van der Waals surface area contributed by atoms with Crippen LogP contribution < -0.4 is 5.73 Å². The number of carboxylic acid groups (broad SMARTS) is 1. The Morgan fingerprint density at radius 2 is 2.28 bits per heavy atom. The summed E-state index contributed by atoms with van der Waals surface area (Å²) in [6, 6.07) is 1.25. The van der Waals surface area contributed by atoms with E-state index in [0.29, 0.717) is 5.01 Å². The van der Waals surface area contributed by atoms with Crippen LogP contribution in [0.15, 0.2) is 21.7 Å². The van der Waals surface area contributed by atoms with Crippen LogP contribution in [0.1, 0.15) is 5.76 Å². The second kappa shape index (κ2) is 5.43. The second-order valence-corrected chi connectivity index (χ2v) is 2.97. The number of urea groups is 1. The van der Waals surface area contributed by atoms with Gasteiger partial charge in [-0.25, -0.2) is 9.80 Å². The first kappa shape index (κ1) is 13.2. The molecule has 1 rings (SSSR count). The molecule has 1 aromatic rings. The van der Waals surface area contributed by atoms with Crippen molar-refractivity contribution in [3.05, 3.63) is 28.0 Å². The average Bonchev–Trinajstić information content (AvgIpc) is 2.72. The van der Waals surface area contributed by atoms with Crippen LogP contribution in [0, 0.1) is 10.1 Å². The van der Waals surface area contributed by atoms with Crippen LogP contribution in [0.4, 0.5) is 10.7 Å². The summed E-state index contributed by atoms with van der Waals surface area (Å²) in [5, 5.41) is 22.7. The molecule has 3 N–H and O–H groups in total. The van der Waals surface area contributed by atoms with Crippen LogP contribution in [0.25, 0.3) is 0 Å². The Labute approximate surface area is 99.4 Å². The Balaban J connectivity index is 2.78. The van der Waals surface area contributed by atoms with Crippen LogP contribution in [-0.2, 0) is 4.79 Å². The van der Waals surface area contributed by atoms with Crippen LogP contribution in [0.3, 0.4) is 0 Å². The average molecular weight is 256 g/mol. The van der Waals surface area contributed by atoms with Crippen molar-refractivity contribution in [1.29, 1.82) is 0 Å². The molecule has 18 heavy (non-hydrogen) atoms. The Kier molecular flexibility index (Phi) is 3.97. The van der Waals surface area contributed by atoms with Gasteiger partial charge in [0, 0.05) is 0 Å². The summed E-state index contributed by atoms with van der Waals surface area (Å²) < 4.78 is 4.71. The summed E-state index contributed by atoms with van der Waals surface area (Å²) in [5.74, 6) is -1.82. The molecule has 2 amide bonds. The summed E-state index contributed by atoms with van der Waals surface area (Å²) in [6.45, 7) is -0.728. The largest absolute Gasteiger partial charge is 0.480 e. The fourth-order valence-corrected chi connectivity index (χ4v) is 0.940. The molecule has 1 aromatic heterocycles. The number of furan rings is 1. The highest BCUT2D eigenvalue weighted by atomic mass is 16.6. The predicted molar refractivity (Wildman–Crippen MR) is 56.9 cm³/mol. The summed E-state index contributed by atoms with van der Waals surface area (Å²) in [6.07, 6.45) is 0.945. The highest BCUT2D eigenvalue weighted by Crippen LogP contribution is 2.13. The van der Waals surface area contributed by atoms with Crippen molar-refractivity contribution in [3.63, 3.8) is 0 Å². The van der Waals surface area contributed by atoms with Crippen LogP contribution in [0.5, 0.6) is 0 Å². The summed E-state index contributed by atoms with van der Waals surface area (Å²) >= 11 is 0. The van der Waals surface area contributed by atoms with Crippen molar-refractivity contribution in [2.24, 2.45) is 10.8 Å². The normalized spacial score (nSPS) is 10.4. The molecular weight excluding hydrogens is 248 g/mol. The molecule has 0 bridgehead atoms. The smallest absolute Gasteiger partial charge is 0.433 e. The van der Waals surface area contributed by atoms with Crippen LogP contribution in [-0.4, -0.2) is 39.8 Å². The Morgan fingerprint density at radius 3 is 2.72 bits per heavy atom. The lowest BCUT2D eigenvalue weighted by Gasteiger charge is -2.09. The molecular formula is C8H8N4O6. The topological polar surface area (TPSA) is 152 Å². The Hall–Kier alpha value is -2.91. The zero-order valence-electron chi connectivity index (χ0n) is 8.85. The molecule has 0 aliphatic rings. The van der Waals surface area contributed by atoms with E-state index in [1.807, 2.05) is 0 Å². The molecule has 10 nitrogen and oxygen atoms in total. The zero-order chi connectivity index (χ0) is 13.7. The number of hydrogen-bond acceptors (Lipinski definition) is 6. The lowest BCUT2D eigenvalue weighted by Crippen LogP contribution is -2.35. The quantitative estimate of drug-likeness (QED) is 0.429. The van der Waals surface area contributed by atoms with Gasteiger partial charge in [-0.2, -0.15) is 5.10 Å². The first-order valence-electron chi connectivity index (χ1n) is 4.47. The summed E-state index contributed by atoms with van der Waals surface area (Å²) in [7, 11) is 0. The van der Waals surface area contributed by atoms with Crippen molar-refractivity contribution in [2.75, 3.05) is 6.54 Å². The highest BCUT2D eigenvalue weighted by Gasteiger charge is 2.13. The number of carbonyl (C=O) groups excluding carboxylic acids is 1. The zero-order valence-corrected chi connectivity index (χ0v) is 8.85. The Morgan fingerprint density at radius 1 is 1.61 bits per heavy atom. The molecule has 0 saturated heterocycles. The maximum atomic E-state index is 10.8. The number of rotatable bonds is 5. The van der Waals surface area contributed by atoms with Gasteiger partial charge in [-0.1, -0.05) is 0 Å². The first-order valence-corrected chi connectivity index (χ1v) is 4.47. The molecule has 0 aliphatic carbocycles. The van der Waals surface area contributed by atoms with Gasteiger partial charge >= 0.3 is 17.9 Å². The lowest BCUT2D eigenvalue weighted by molar-refractivity contribution is -0.402. The van der Waals surface area contributed by atoms with Gasteiger partial charge in [-0.3, -0.25) is 14.9 Å². The molecule has 0 unspecified atom stereocenters. The minimum Gasteiger partial charge on any atom is -0.480 e. The third kappa shape index (κ3) is 3.59. The molecule has 0 saturated carbocycles. The molecule has 10 heteroatoms. The van der Waals surface area contributed by atoms with E-state index in [2.05, 4.69) is 5.10 Å². The molecule has 0 fully saturated rings. The minimum absolute atomic E-state index is 0.0154. The van der Waals surface area contributed by atoms with Crippen molar-refractivity contribution in [2.45, 2.75) is 0 Å². The molecule has 0 aromatic carbocycles. The number of hydrazone groups is 1. The standard InChI is InChI=1S/C8H8N4O6/c9-8(15)11(4-7(13)14)10-3-5-1-2-6(18-5)12(16)17/h1-3H,4H2,(H2,9,15)(H,13,14)/b10-3+. The molecule has 0 atom stereocenters. The third-order valence-electron chi connectivity index (χ3n) is 1.66. The summed E-state index contributed by atoms with van der Waals surface area (Å²) in [5.41, 5.74) is 4.87. The van der Waals surface area contributed by atoms with Crippen molar-refractivity contribution >= 4 is 24.1 Å². The Bertz CT molecular complexity index is 507. The van der Waals surface area contributed by atoms with Gasteiger partial charge in [-0.05, 0) is 6.07 Å². The van der Waals surface area contributed by atoms with Crippen LogP contribution >= 0.6 is 0 Å². The SMILES string of the molecule is NC(=O)N(CC(=O)O)/N=C/c1ccc([N+](=O)[O-])o1. The van der Waals surface area contributed by atoms with Gasteiger partial charge in [0.25, 0.3) is 0 Å². The monoisotopic (exact) mass is 256 g/mol. The van der Waals surface area contributed by atoms with Gasteiger partial charge < -0.3 is 15.3 Å². The number of amides is 2. The number of carbonyl (C=O) groups is 2. The number of hydrogen-bond donors (Lipinski definition) is 2. The van der Waals surface area contributed by atoms with Gasteiger partial charge in [-0.15, -0.1) is 0 Å². The fraction of sp³-hybridized carbons (Fsp3) is 0.125. The second-order valence-electron chi connectivity index (χ2n) is 2.97. The number of aliphatic carboxylic acids is 1. The van der Waals surface area contributed by atoms with Crippen LogP contribution in [0.2, 0.25) is 0 Å². The van der Waals surface area contributed by atoms with Crippen molar-refractivity contribution < 1.29 is 24.0 Å². The first-order chi connectivity index (χ1) is 8.40. The van der Waals surface area contributed by atoms with E-state index in [0.717, 1.165) is 12.3 Å². The molecule has 96 valence electrons. The molecule has 0 radical (unpaired) electrons. The van der Waals surface area contributed by atoms with Gasteiger partial charge in [0.2, 0.25) is 0 Å².